The fourth-order valence-corrected chi connectivity index (χ4v) is 2.02. The fraction of sp³-hybridized carbons (Fsp3) is 0.200. The van der Waals surface area contributed by atoms with Gasteiger partial charge >= 0.3 is 0 Å². The van der Waals surface area contributed by atoms with E-state index in [4.69, 9.17) is 26.8 Å². The summed E-state index contributed by atoms with van der Waals surface area (Å²) in [4.78, 5) is 0. The number of nitrogens with two attached hydrogens (primary N) is 1. The number of rotatable bonds is 5. The van der Waals surface area contributed by atoms with Crippen LogP contribution >= 0.6 is 11.6 Å². The summed E-state index contributed by atoms with van der Waals surface area (Å²) < 4.78 is 10.9. The molecule has 0 amide bonds. The Balaban J connectivity index is 2.16. The van der Waals surface area contributed by atoms with Crippen LogP contribution in [0.15, 0.2) is 42.5 Å². The molecule has 0 radical (unpaired) electrons. The van der Waals surface area contributed by atoms with E-state index < -0.39 is 0 Å². The average Bonchev–Trinajstić information content (AvgIpc) is 2.42. The number of benzene rings is 2. The maximum Gasteiger partial charge on any atom is 0.131 e. The van der Waals surface area contributed by atoms with Gasteiger partial charge in [-0.3, -0.25) is 0 Å². The number of methoxy groups -OCH3 is 1. The summed E-state index contributed by atoms with van der Waals surface area (Å²) in [5, 5.41) is 0.672. The second-order valence-electron chi connectivity index (χ2n) is 4.07. The molecule has 0 atom stereocenters. The summed E-state index contributed by atoms with van der Waals surface area (Å²) in [5.41, 5.74) is 6.55. The highest BCUT2D eigenvalue weighted by Crippen LogP contribution is 2.28. The zero-order valence-electron chi connectivity index (χ0n) is 10.7. The van der Waals surface area contributed by atoms with Gasteiger partial charge in [0, 0.05) is 11.1 Å². The number of ether oxygens (including phenoxy) is 2. The predicted octanol–water partition coefficient (Wildman–Crippen LogP) is 3.64. The first kappa shape index (κ1) is 13.7. The Labute approximate surface area is 117 Å². The van der Waals surface area contributed by atoms with Gasteiger partial charge in [-0.25, -0.2) is 0 Å². The van der Waals surface area contributed by atoms with Crippen molar-refractivity contribution < 1.29 is 9.47 Å². The number of hydrogen-bond donors (Lipinski definition) is 1. The average molecular weight is 278 g/mol. The molecule has 0 aliphatic rings. The Morgan fingerprint density at radius 3 is 2.47 bits per heavy atom. The van der Waals surface area contributed by atoms with Crippen molar-refractivity contribution in [3.05, 3.63) is 53.1 Å². The predicted molar refractivity (Wildman–Crippen MR) is 77.3 cm³/mol. The molecule has 0 spiro atoms. The van der Waals surface area contributed by atoms with E-state index in [0.717, 1.165) is 17.7 Å². The molecule has 3 nitrogen and oxygen atoms in total. The first-order valence-corrected chi connectivity index (χ1v) is 6.41. The van der Waals surface area contributed by atoms with Crippen molar-refractivity contribution in [1.29, 1.82) is 0 Å². The van der Waals surface area contributed by atoms with Crippen LogP contribution in [0.5, 0.6) is 17.2 Å². The standard InChI is InChI=1S/C15H16ClNO2/c1-18-12-3-2-4-13(9-12)19-14-6-5-11(7-8-17)15(16)10-14/h2-6,9-10H,7-8,17H2,1H3. The number of hydrogen-bond acceptors (Lipinski definition) is 3. The van der Waals surface area contributed by atoms with Gasteiger partial charge < -0.3 is 15.2 Å². The minimum absolute atomic E-state index is 0.579. The van der Waals surface area contributed by atoms with Crippen LogP contribution in [0.4, 0.5) is 0 Å². The molecule has 0 saturated carbocycles. The maximum atomic E-state index is 6.17. The van der Waals surface area contributed by atoms with Gasteiger partial charge in [-0.1, -0.05) is 23.7 Å². The highest BCUT2D eigenvalue weighted by molar-refractivity contribution is 6.31. The first-order valence-electron chi connectivity index (χ1n) is 6.03. The van der Waals surface area contributed by atoms with Crippen LogP contribution in [-0.2, 0) is 6.42 Å². The molecule has 0 unspecified atom stereocenters. The SMILES string of the molecule is COc1cccc(Oc2ccc(CCN)c(Cl)c2)c1. The van der Waals surface area contributed by atoms with E-state index in [1.54, 1.807) is 13.2 Å². The Hall–Kier alpha value is -1.71. The largest absolute Gasteiger partial charge is 0.497 e. The number of halogens is 1. The van der Waals surface area contributed by atoms with Gasteiger partial charge in [0.2, 0.25) is 0 Å². The van der Waals surface area contributed by atoms with Gasteiger partial charge in [0.1, 0.15) is 17.2 Å². The van der Waals surface area contributed by atoms with Crippen molar-refractivity contribution in [1.82, 2.24) is 0 Å². The topological polar surface area (TPSA) is 44.5 Å². The van der Waals surface area contributed by atoms with E-state index in [2.05, 4.69) is 0 Å². The summed E-state index contributed by atoms with van der Waals surface area (Å²) in [6.07, 6.45) is 0.762. The molecule has 2 aromatic carbocycles. The summed E-state index contributed by atoms with van der Waals surface area (Å²) in [7, 11) is 1.62. The summed E-state index contributed by atoms with van der Waals surface area (Å²) >= 11 is 6.17. The fourth-order valence-electron chi connectivity index (χ4n) is 1.75. The van der Waals surface area contributed by atoms with Crippen molar-refractivity contribution in [3.8, 4) is 17.2 Å². The second kappa shape index (κ2) is 6.45. The van der Waals surface area contributed by atoms with E-state index in [0.29, 0.717) is 23.1 Å². The molecule has 19 heavy (non-hydrogen) atoms. The maximum absolute atomic E-state index is 6.17. The van der Waals surface area contributed by atoms with E-state index >= 15 is 0 Å². The first-order chi connectivity index (χ1) is 9.22. The molecule has 4 heteroatoms. The Morgan fingerprint density at radius 2 is 1.79 bits per heavy atom. The third-order valence-corrected chi connectivity index (χ3v) is 3.07. The van der Waals surface area contributed by atoms with Crippen LogP contribution in [0.3, 0.4) is 0 Å². The van der Waals surface area contributed by atoms with Crippen LogP contribution < -0.4 is 15.2 Å². The third kappa shape index (κ3) is 3.63. The lowest BCUT2D eigenvalue weighted by Crippen LogP contribution is -2.03. The highest BCUT2D eigenvalue weighted by Gasteiger charge is 2.04. The highest BCUT2D eigenvalue weighted by atomic mass is 35.5. The van der Waals surface area contributed by atoms with Crippen molar-refractivity contribution in [2.24, 2.45) is 5.73 Å². The molecule has 2 N–H and O–H groups in total. The summed E-state index contributed by atoms with van der Waals surface area (Å²) in [6.45, 7) is 0.579. The molecule has 0 bridgehead atoms. The summed E-state index contributed by atoms with van der Waals surface area (Å²) in [5.74, 6) is 2.16. The molecular formula is C15H16ClNO2. The molecule has 0 fully saturated rings. The van der Waals surface area contributed by atoms with Gasteiger partial charge in [-0.05, 0) is 42.8 Å². The van der Waals surface area contributed by atoms with Crippen LogP contribution in [0.25, 0.3) is 0 Å². The van der Waals surface area contributed by atoms with E-state index in [1.165, 1.54) is 0 Å². The van der Waals surface area contributed by atoms with Gasteiger partial charge in [-0.15, -0.1) is 0 Å². The van der Waals surface area contributed by atoms with Crippen LogP contribution in [0, 0.1) is 0 Å². The van der Waals surface area contributed by atoms with Crippen molar-refractivity contribution in [3.63, 3.8) is 0 Å². The Morgan fingerprint density at radius 1 is 1.05 bits per heavy atom. The molecular weight excluding hydrogens is 262 g/mol. The molecule has 0 heterocycles. The monoisotopic (exact) mass is 277 g/mol. The zero-order valence-corrected chi connectivity index (χ0v) is 11.5. The lowest BCUT2D eigenvalue weighted by molar-refractivity contribution is 0.409. The lowest BCUT2D eigenvalue weighted by atomic mass is 10.1. The lowest BCUT2D eigenvalue weighted by Gasteiger charge is -2.09. The minimum Gasteiger partial charge on any atom is -0.497 e. The Bertz CT molecular complexity index is 558. The zero-order chi connectivity index (χ0) is 13.7. The molecule has 2 aromatic rings. The van der Waals surface area contributed by atoms with E-state index in [-0.39, 0.29) is 0 Å². The molecule has 2 rings (SSSR count). The van der Waals surface area contributed by atoms with Gasteiger partial charge in [-0.2, -0.15) is 0 Å². The smallest absolute Gasteiger partial charge is 0.131 e. The van der Waals surface area contributed by atoms with Gasteiger partial charge in [0.25, 0.3) is 0 Å². The molecule has 0 aliphatic heterocycles. The van der Waals surface area contributed by atoms with Crippen molar-refractivity contribution in [2.75, 3.05) is 13.7 Å². The molecule has 0 aromatic heterocycles. The van der Waals surface area contributed by atoms with Crippen LogP contribution in [0.1, 0.15) is 5.56 Å². The quantitative estimate of drug-likeness (QED) is 0.907. The molecule has 0 aliphatic carbocycles. The Kier molecular flexibility index (Phi) is 4.66. The van der Waals surface area contributed by atoms with Crippen LogP contribution in [0.2, 0.25) is 5.02 Å². The van der Waals surface area contributed by atoms with Crippen molar-refractivity contribution >= 4 is 11.6 Å². The van der Waals surface area contributed by atoms with E-state index in [9.17, 15) is 0 Å². The molecule has 0 saturated heterocycles. The van der Waals surface area contributed by atoms with E-state index in [1.807, 2.05) is 36.4 Å². The minimum atomic E-state index is 0.579. The normalized spacial score (nSPS) is 10.3. The van der Waals surface area contributed by atoms with Gasteiger partial charge in [0.15, 0.2) is 0 Å². The third-order valence-electron chi connectivity index (χ3n) is 2.72. The summed E-state index contributed by atoms with van der Waals surface area (Å²) in [6, 6.07) is 13.0. The van der Waals surface area contributed by atoms with Gasteiger partial charge in [0.05, 0.1) is 7.11 Å². The van der Waals surface area contributed by atoms with Crippen molar-refractivity contribution in [2.45, 2.75) is 6.42 Å². The second-order valence-corrected chi connectivity index (χ2v) is 4.48. The van der Waals surface area contributed by atoms with Crippen LogP contribution in [-0.4, -0.2) is 13.7 Å². The molecule has 100 valence electrons.